The minimum absolute atomic E-state index is 0.103. The van der Waals surface area contributed by atoms with Gasteiger partial charge in [0.05, 0.1) is 10.6 Å². The number of halogens is 2. The summed E-state index contributed by atoms with van der Waals surface area (Å²) in [6.07, 6.45) is 0.625. The highest BCUT2D eigenvalue weighted by molar-refractivity contribution is 6.31. The monoisotopic (exact) mass is 322 g/mol. The number of esters is 1. The first-order chi connectivity index (χ1) is 10.6. The number of hydrogen-bond donors (Lipinski definition) is 0. The first-order valence-corrected chi connectivity index (χ1v) is 6.75. The molecule has 0 saturated heterocycles. The fourth-order valence-corrected chi connectivity index (χ4v) is 1.93. The maximum atomic E-state index is 13.5. The van der Waals surface area contributed by atoms with Crippen LogP contribution < -0.4 is 4.74 Å². The molecule has 0 aliphatic heterocycles. The second-order valence-electron chi connectivity index (χ2n) is 4.31. The topological polar surface area (TPSA) is 52.6 Å². The quantitative estimate of drug-likeness (QED) is 0.604. The Balaban J connectivity index is 1.90. The van der Waals surface area contributed by atoms with Gasteiger partial charge in [-0.1, -0.05) is 29.8 Å². The Morgan fingerprint density at radius 1 is 1.18 bits per heavy atom. The zero-order valence-electron chi connectivity index (χ0n) is 11.4. The molecule has 0 spiro atoms. The molecule has 2 aromatic rings. The van der Waals surface area contributed by atoms with E-state index in [1.807, 2.05) is 0 Å². The van der Waals surface area contributed by atoms with Gasteiger partial charge in [0.25, 0.3) is 0 Å². The highest BCUT2D eigenvalue weighted by Gasteiger charge is 2.11. The van der Waals surface area contributed by atoms with Crippen molar-refractivity contribution in [3.05, 3.63) is 64.4 Å². The Bertz CT molecular complexity index is 667. The normalized spacial score (nSPS) is 10.1. The lowest BCUT2D eigenvalue weighted by Crippen LogP contribution is -2.15. The predicted octanol–water partition coefficient (Wildman–Crippen LogP) is 3.41. The standard InChI is InChI=1S/C16H12ClFO4/c17-13-5-3-6-14(18)12(13)9-22-16(20)10-21-15-7-2-1-4-11(15)8-19/h1-8H,9-10H2. The first-order valence-electron chi connectivity index (χ1n) is 6.37. The van der Waals surface area contributed by atoms with E-state index in [-0.39, 0.29) is 22.9 Å². The van der Waals surface area contributed by atoms with Gasteiger partial charge >= 0.3 is 5.97 Å². The lowest BCUT2D eigenvalue weighted by Gasteiger charge is -2.09. The van der Waals surface area contributed by atoms with Crippen molar-refractivity contribution in [2.24, 2.45) is 0 Å². The smallest absolute Gasteiger partial charge is 0.344 e. The SMILES string of the molecule is O=Cc1ccccc1OCC(=O)OCc1c(F)cccc1Cl. The van der Waals surface area contributed by atoms with Crippen molar-refractivity contribution in [3.8, 4) is 5.75 Å². The molecule has 0 N–H and O–H groups in total. The third kappa shape index (κ3) is 4.05. The van der Waals surface area contributed by atoms with Crippen LogP contribution in [-0.2, 0) is 16.1 Å². The van der Waals surface area contributed by atoms with E-state index in [0.29, 0.717) is 11.8 Å². The summed E-state index contributed by atoms with van der Waals surface area (Å²) in [6.45, 7) is -0.681. The molecule has 4 nitrogen and oxygen atoms in total. The van der Waals surface area contributed by atoms with Gasteiger partial charge in [-0.3, -0.25) is 4.79 Å². The van der Waals surface area contributed by atoms with Crippen LogP contribution in [0.15, 0.2) is 42.5 Å². The Morgan fingerprint density at radius 3 is 2.68 bits per heavy atom. The van der Waals surface area contributed by atoms with E-state index in [9.17, 15) is 14.0 Å². The highest BCUT2D eigenvalue weighted by Crippen LogP contribution is 2.20. The number of para-hydroxylation sites is 1. The lowest BCUT2D eigenvalue weighted by molar-refractivity contribution is -0.147. The maximum absolute atomic E-state index is 13.5. The second-order valence-corrected chi connectivity index (χ2v) is 4.71. The summed E-state index contributed by atoms with van der Waals surface area (Å²) in [6, 6.07) is 10.7. The Morgan fingerprint density at radius 2 is 1.95 bits per heavy atom. The summed E-state index contributed by atoms with van der Waals surface area (Å²) < 4.78 is 23.6. The maximum Gasteiger partial charge on any atom is 0.344 e. The van der Waals surface area contributed by atoms with Crippen LogP contribution in [0.3, 0.4) is 0 Å². The molecular weight excluding hydrogens is 311 g/mol. The van der Waals surface area contributed by atoms with Gasteiger partial charge in [-0.05, 0) is 24.3 Å². The average molecular weight is 323 g/mol. The summed E-state index contributed by atoms with van der Waals surface area (Å²) in [7, 11) is 0. The molecule has 0 amide bonds. The predicted molar refractivity (Wildman–Crippen MR) is 78.5 cm³/mol. The molecule has 2 aromatic carbocycles. The van der Waals surface area contributed by atoms with Gasteiger partial charge in [0.2, 0.25) is 0 Å². The molecular formula is C16H12ClFO4. The Kier molecular flexibility index (Phi) is 5.49. The van der Waals surface area contributed by atoms with Crippen molar-refractivity contribution in [1.82, 2.24) is 0 Å². The van der Waals surface area contributed by atoms with Crippen molar-refractivity contribution >= 4 is 23.9 Å². The molecule has 22 heavy (non-hydrogen) atoms. The van der Waals surface area contributed by atoms with E-state index in [2.05, 4.69) is 0 Å². The molecule has 0 unspecified atom stereocenters. The van der Waals surface area contributed by atoms with E-state index in [1.165, 1.54) is 18.2 Å². The number of aldehydes is 1. The highest BCUT2D eigenvalue weighted by atomic mass is 35.5. The van der Waals surface area contributed by atoms with E-state index in [0.717, 1.165) is 0 Å². The molecule has 6 heteroatoms. The van der Waals surface area contributed by atoms with Crippen molar-refractivity contribution in [3.63, 3.8) is 0 Å². The van der Waals surface area contributed by atoms with E-state index < -0.39 is 18.4 Å². The molecule has 0 atom stereocenters. The average Bonchev–Trinajstić information content (AvgIpc) is 2.52. The van der Waals surface area contributed by atoms with Gasteiger partial charge < -0.3 is 9.47 Å². The molecule has 0 radical (unpaired) electrons. The second kappa shape index (κ2) is 7.56. The number of carbonyl (C=O) groups excluding carboxylic acids is 2. The van der Waals surface area contributed by atoms with Gasteiger partial charge in [0.15, 0.2) is 12.9 Å². The molecule has 0 aliphatic rings. The fourth-order valence-electron chi connectivity index (χ4n) is 1.71. The van der Waals surface area contributed by atoms with E-state index in [4.69, 9.17) is 21.1 Å². The molecule has 2 rings (SSSR count). The fraction of sp³-hybridized carbons (Fsp3) is 0.125. The van der Waals surface area contributed by atoms with Crippen LogP contribution in [0.5, 0.6) is 5.75 Å². The van der Waals surface area contributed by atoms with Crippen molar-refractivity contribution < 1.29 is 23.5 Å². The van der Waals surface area contributed by atoms with Crippen LogP contribution in [0.2, 0.25) is 5.02 Å². The number of benzene rings is 2. The van der Waals surface area contributed by atoms with E-state index >= 15 is 0 Å². The third-order valence-corrected chi connectivity index (χ3v) is 3.18. The summed E-state index contributed by atoms with van der Waals surface area (Å²) >= 11 is 5.82. The van der Waals surface area contributed by atoms with Gasteiger partial charge in [-0.15, -0.1) is 0 Å². The van der Waals surface area contributed by atoms with Crippen LogP contribution in [0, 0.1) is 5.82 Å². The summed E-state index contributed by atoms with van der Waals surface area (Å²) in [5.41, 5.74) is 0.429. The summed E-state index contributed by atoms with van der Waals surface area (Å²) in [5.74, 6) is -0.967. The molecule has 0 fully saturated rings. The minimum atomic E-state index is -0.694. The zero-order chi connectivity index (χ0) is 15.9. The molecule has 0 aromatic heterocycles. The van der Waals surface area contributed by atoms with Crippen LogP contribution in [0.1, 0.15) is 15.9 Å². The van der Waals surface area contributed by atoms with Gasteiger partial charge in [-0.2, -0.15) is 0 Å². The largest absolute Gasteiger partial charge is 0.481 e. The Hall–Kier alpha value is -2.40. The Labute approximate surface area is 131 Å². The number of carbonyl (C=O) groups is 2. The summed E-state index contributed by atoms with van der Waals surface area (Å²) in [4.78, 5) is 22.4. The first kappa shape index (κ1) is 16.0. The van der Waals surface area contributed by atoms with Crippen molar-refractivity contribution in [2.45, 2.75) is 6.61 Å². The number of hydrogen-bond acceptors (Lipinski definition) is 4. The van der Waals surface area contributed by atoms with Gasteiger partial charge in [-0.25, -0.2) is 9.18 Å². The molecule has 0 bridgehead atoms. The molecule has 114 valence electrons. The summed E-state index contributed by atoms with van der Waals surface area (Å²) in [5, 5.41) is 0.181. The minimum Gasteiger partial charge on any atom is -0.481 e. The zero-order valence-corrected chi connectivity index (χ0v) is 12.2. The van der Waals surface area contributed by atoms with Crippen molar-refractivity contribution in [1.29, 1.82) is 0 Å². The molecule has 0 aliphatic carbocycles. The third-order valence-electron chi connectivity index (χ3n) is 2.83. The lowest BCUT2D eigenvalue weighted by atomic mass is 10.2. The number of ether oxygens (including phenoxy) is 2. The van der Waals surface area contributed by atoms with Crippen LogP contribution >= 0.6 is 11.6 Å². The van der Waals surface area contributed by atoms with Crippen LogP contribution in [0.25, 0.3) is 0 Å². The molecule has 0 heterocycles. The number of rotatable bonds is 6. The van der Waals surface area contributed by atoms with E-state index in [1.54, 1.807) is 24.3 Å². The van der Waals surface area contributed by atoms with Crippen molar-refractivity contribution in [2.75, 3.05) is 6.61 Å². The van der Waals surface area contributed by atoms with Crippen LogP contribution in [0.4, 0.5) is 4.39 Å². The van der Waals surface area contributed by atoms with Gasteiger partial charge in [0, 0.05) is 5.56 Å². The van der Waals surface area contributed by atoms with Crippen LogP contribution in [-0.4, -0.2) is 18.9 Å². The molecule has 0 saturated carbocycles. The van der Waals surface area contributed by atoms with Gasteiger partial charge in [0.1, 0.15) is 18.2 Å².